The van der Waals surface area contributed by atoms with E-state index < -0.39 is 11.7 Å². The molecule has 1 N–H and O–H groups in total. The number of carbonyl (C=O) groups is 1. The molecule has 1 amide bonds. The van der Waals surface area contributed by atoms with Crippen molar-refractivity contribution in [2.24, 2.45) is 0 Å². The normalized spacial score (nSPS) is 10.6. The van der Waals surface area contributed by atoms with Gasteiger partial charge in [0.15, 0.2) is 0 Å². The maximum atomic E-state index is 13.8. The van der Waals surface area contributed by atoms with Gasteiger partial charge in [0, 0.05) is 29.5 Å². The second kappa shape index (κ2) is 7.18. The van der Waals surface area contributed by atoms with Crippen LogP contribution in [0, 0.1) is 5.82 Å². The highest BCUT2D eigenvalue weighted by Gasteiger charge is 2.17. The van der Waals surface area contributed by atoms with Crippen LogP contribution in [0.15, 0.2) is 47.1 Å². The zero-order chi connectivity index (χ0) is 16.9. The Kier molecular flexibility index (Phi) is 4.81. The van der Waals surface area contributed by atoms with E-state index in [9.17, 15) is 9.18 Å². The van der Waals surface area contributed by atoms with Crippen LogP contribution in [0.1, 0.15) is 27.7 Å². The third-order valence-corrected chi connectivity index (χ3v) is 3.58. The van der Waals surface area contributed by atoms with Gasteiger partial charge in [0.2, 0.25) is 5.89 Å². The number of halogens is 2. The molecule has 0 fully saturated rings. The molecule has 0 spiro atoms. The molecule has 0 saturated carbocycles. The van der Waals surface area contributed by atoms with E-state index in [4.69, 9.17) is 16.0 Å². The molecule has 2 heterocycles. The molecule has 0 radical (unpaired) electrons. The Morgan fingerprint density at radius 3 is 2.88 bits per heavy atom. The highest BCUT2D eigenvalue weighted by molar-refractivity contribution is 6.31. The van der Waals surface area contributed by atoms with Crippen LogP contribution in [0.4, 0.5) is 4.39 Å². The lowest BCUT2D eigenvalue weighted by Crippen LogP contribution is -2.23. The van der Waals surface area contributed by atoms with E-state index in [-0.39, 0.29) is 35.3 Å². The summed E-state index contributed by atoms with van der Waals surface area (Å²) in [4.78, 5) is 15.9. The molecule has 0 unspecified atom stereocenters. The molecular weight excluding hydrogens is 335 g/mol. The van der Waals surface area contributed by atoms with Gasteiger partial charge < -0.3 is 9.73 Å². The van der Waals surface area contributed by atoms with E-state index in [1.54, 1.807) is 24.5 Å². The highest BCUT2D eigenvalue weighted by Crippen LogP contribution is 2.21. The average molecular weight is 347 g/mol. The van der Waals surface area contributed by atoms with Crippen molar-refractivity contribution in [2.75, 3.05) is 0 Å². The number of pyridine rings is 1. The van der Waals surface area contributed by atoms with Crippen molar-refractivity contribution in [1.29, 1.82) is 0 Å². The summed E-state index contributed by atoms with van der Waals surface area (Å²) in [6.07, 6.45) is 3.29. The Morgan fingerprint density at radius 2 is 2.12 bits per heavy atom. The minimum Gasteiger partial charge on any atom is -0.417 e. The van der Waals surface area contributed by atoms with Crippen molar-refractivity contribution in [3.05, 3.63) is 76.5 Å². The van der Waals surface area contributed by atoms with Crippen LogP contribution in [0.5, 0.6) is 0 Å². The monoisotopic (exact) mass is 346 g/mol. The summed E-state index contributed by atoms with van der Waals surface area (Å²) in [5, 5.41) is 10.3. The molecule has 24 heavy (non-hydrogen) atoms. The maximum Gasteiger partial charge on any atom is 0.309 e. The third-order valence-electron chi connectivity index (χ3n) is 3.23. The number of hydrogen-bond acceptors (Lipinski definition) is 5. The Bertz CT molecular complexity index is 834. The van der Waals surface area contributed by atoms with Crippen LogP contribution >= 0.6 is 11.6 Å². The van der Waals surface area contributed by atoms with Crippen molar-refractivity contribution in [1.82, 2.24) is 20.5 Å². The van der Waals surface area contributed by atoms with E-state index in [0.717, 1.165) is 5.56 Å². The van der Waals surface area contributed by atoms with Crippen LogP contribution in [0.25, 0.3) is 0 Å². The predicted octanol–water partition coefficient (Wildman–Crippen LogP) is 2.78. The van der Waals surface area contributed by atoms with Gasteiger partial charge in [-0.25, -0.2) is 4.39 Å². The molecule has 0 aliphatic heterocycles. The first-order valence-corrected chi connectivity index (χ1v) is 7.43. The second-order valence-electron chi connectivity index (χ2n) is 4.92. The quantitative estimate of drug-likeness (QED) is 0.768. The van der Waals surface area contributed by atoms with Crippen LogP contribution in [-0.4, -0.2) is 21.1 Å². The third kappa shape index (κ3) is 3.75. The molecule has 3 rings (SSSR count). The zero-order valence-corrected chi connectivity index (χ0v) is 13.1. The van der Waals surface area contributed by atoms with E-state index >= 15 is 0 Å². The molecule has 0 atom stereocenters. The fraction of sp³-hybridized carbons (Fsp3) is 0.125. The number of nitrogens with one attached hydrogen (secondary N) is 1. The number of benzene rings is 1. The van der Waals surface area contributed by atoms with Gasteiger partial charge >= 0.3 is 11.8 Å². The summed E-state index contributed by atoms with van der Waals surface area (Å²) >= 11 is 5.95. The predicted molar refractivity (Wildman–Crippen MR) is 83.9 cm³/mol. The molecule has 8 heteroatoms. The van der Waals surface area contributed by atoms with Crippen molar-refractivity contribution < 1.29 is 13.6 Å². The van der Waals surface area contributed by atoms with Crippen LogP contribution in [0.3, 0.4) is 0 Å². The summed E-state index contributed by atoms with van der Waals surface area (Å²) in [6.45, 7) is 0.281. The van der Waals surface area contributed by atoms with Crippen LogP contribution < -0.4 is 5.32 Å². The Hall–Kier alpha value is -2.80. The Morgan fingerprint density at radius 1 is 1.25 bits per heavy atom. The Labute approximate surface area is 141 Å². The van der Waals surface area contributed by atoms with Crippen LogP contribution in [-0.2, 0) is 13.0 Å². The van der Waals surface area contributed by atoms with E-state index in [1.165, 1.54) is 12.1 Å². The first kappa shape index (κ1) is 16.1. The summed E-state index contributed by atoms with van der Waals surface area (Å²) in [6, 6.07) is 7.96. The SMILES string of the molecule is O=C(NCc1cccnc1)c1nnc(Cc2c(F)cccc2Cl)o1. The molecule has 0 saturated heterocycles. The molecule has 122 valence electrons. The number of carbonyl (C=O) groups excluding carboxylic acids is 1. The summed E-state index contributed by atoms with van der Waals surface area (Å²) < 4.78 is 19.0. The molecule has 0 aliphatic rings. The molecule has 1 aromatic carbocycles. The van der Waals surface area contributed by atoms with Gasteiger partial charge in [0.25, 0.3) is 0 Å². The number of amides is 1. The lowest BCUT2D eigenvalue weighted by atomic mass is 10.1. The van der Waals surface area contributed by atoms with Gasteiger partial charge in [-0.2, -0.15) is 0 Å². The van der Waals surface area contributed by atoms with E-state index in [0.29, 0.717) is 0 Å². The molecule has 0 aliphatic carbocycles. The summed E-state index contributed by atoms with van der Waals surface area (Å²) in [5.74, 6) is -1.07. The molecule has 0 bridgehead atoms. The number of nitrogens with zero attached hydrogens (tertiary/aromatic N) is 3. The highest BCUT2D eigenvalue weighted by atomic mass is 35.5. The topological polar surface area (TPSA) is 80.9 Å². The fourth-order valence-corrected chi connectivity index (χ4v) is 2.26. The van der Waals surface area contributed by atoms with Gasteiger partial charge in [0.05, 0.1) is 6.42 Å². The molecule has 2 aromatic heterocycles. The second-order valence-corrected chi connectivity index (χ2v) is 5.33. The summed E-state index contributed by atoms with van der Waals surface area (Å²) in [7, 11) is 0. The standard InChI is InChI=1S/C16H12ClFN4O2/c17-12-4-1-5-13(18)11(12)7-14-21-22-16(24-14)15(23)20-9-10-3-2-6-19-8-10/h1-6,8H,7,9H2,(H,20,23). The summed E-state index contributed by atoms with van der Waals surface area (Å²) in [5.41, 5.74) is 1.08. The van der Waals surface area contributed by atoms with E-state index in [2.05, 4.69) is 20.5 Å². The van der Waals surface area contributed by atoms with Gasteiger partial charge in [-0.1, -0.05) is 23.7 Å². The van der Waals surface area contributed by atoms with Gasteiger partial charge in [0.1, 0.15) is 5.82 Å². The van der Waals surface area contributed by atoms with Crippen molar-refractivity contribution in [3.8, 4) is 0 Å². The number of rotatable bonds is 5. The lowest BCUT2D eigenvalue weighted by Gasteiger charge is -2.02. The van der Waals surface area contributed by atoms with Gasteiger partial charge in [-0.05, 0) is 23.8 Å². The largest absolute Gasteiger partial charge is 0.417 e. The molecule has 6 nitrogen and oxygen atoms in total. The molecular formula is C16H12ClFN4O2. The molecule has 3 aromatic rings. The lowest BCUT2D eigenvalue weighted by molar-refractivity contribution is 0.0914. The van der Waals surface area contributed by atoms with Crippen molar-refractivity contribution in [2.45, 2.75) is 13.0 Å². The number of aromatic nitrogens is 3. The average Bonchev–Trinajstić information content (AvgIpc) is 3.06. The van der Waals surface area contributed by atoms with Crippen LogP contribution in [0.2, 0.25) is 5.02 Å². The van der Waals surface area contributed by atoms with E-state index in [1.807, 2.05) is 6.07 Å². The maximum absolute atomic E-state index is 13.8. The minimum atomic E-state index is -0.516. The Balaban J connectivity index is 1.66. The van der Waals surface area contributed by atoms with Gasteiger partial charge in [-0.15, -0.1) is 10.2 Å². The van der Waals surface area contributed by atoms with Gasteiger partial charge in [-0.3, -0.25) is 9.78 Å². The zero-order valence-electron chi connectivity index (χ0n) is 12.4. The fourth-order valence-electron chi connectivity index (χ4n) is 2.03. The number of hydrogen-bond donors (Lipinski definition) is 1. The first-order chi connectivity index (χ1) is 11.6. The minimum absolute atomic E-state index is 0.00833. The van der Waals surface area contributed by atoms with Crippen molar-refractivity contribution >= 4 is 17.5 Å². The smallest absolute Gasteiger partial charge is 0.309 e. The van der Waals surface area contributed by atoms with Crippen molar-refractivity contribution in [3.63, 3.8) is 0 Å². The first-order valence-electron chi connectivity index (χ1n) is 7.06.